The second kappa shape index (κ2) is 8.82. The molecule has 32 heavy (non-hydrogen) atoms. The Morgan fingerprint density at radius 1 is 0.938 bits per heavy atom. The van der Waals surface area contributed by atoms with Crippen molar-refractivity contribution in [3.8, 4) is 0 Å². The summed E-state index contributed by atoms with van der Waals surface area (Å²) >= 11 is 0. The molecule has 2 heterocycles. The fraction of sp³-hybridized carbons (Fsp3) is 0.333. The van der Waals surface area contributed by atoms with Crippen LogP contribution in [0.25, 0.3) is 0 Å². The predicted octanol–water partition coefficient (Wildman–Crippen LogP) is 4.69. The molecule has 1 aliphatic rings. The maximum absolute atomic E-state index is 12.0. The molecule has 8 nitrogen and oxygen atoms in total. The maximum Gasteiger partial charge on any atom is 0.353 e. The van der Waals surface area contributed by atoms with Crippen molar-refractivity contribution >= 4 is 28.7 Å². The van der Waals surface area contributed by atoms with Gasteiger partial charge in [-0.1, -0.05) is 24.3 Å². The highest BCUT2D eigenvalue weighted by Crippen LogP contribution is 2.35. The monoisotopic (exact) mass is 432 g/mol. The summed E-state index contributed by atoms with van der Waals surface area (Å²) in [5.74, 6) is 0.573. The van der Waals surface area contributed by atoms with Crippen molar-refractivity contribution in [2.75, 3.05) is 41.3 Å². The largest absolute Gasteiger partial charge is 0.368 e. The molecule has 0 spiro atoms. The standard InChI is InChI=1S/C24H28N6O2/c1-16-8-9-18(3)20(14-16)27-23-22(30(31)32)24(26-15-25-23)29-12-10-28(11-13-29)21-7-5-6-17(2)19(21)4/h5-9,14-15H,10-13H2,1-4H3,(H,25,26,27). The topological polar surface area (TPSA) is 87.4 Å². The Labute approximate surface area is 188 Å². The van der Waals surface area contributed by atoms with E-state index in [0.717, 1.165) is 29.9 Å². The summed E-state index contributed by atoms with van der Waals surface area (Å²) < 4.78 is 0. The number of aromatic nitrogens is 2. The first-order valence-corrected chi connectivity index (χ1v) is 10.7. The quantitative estimate of drug-likeness (QED) is 0.462. The van der Waals surface area contributed by atoms with Gasteiger partial charge in [-0.3, -0.25) is 10.1 Å². The van der Waals surface area contributed by atoms with Gasteiger partial charge in [0.1, 0.15) is 6.33 Å². The first kappa shape index (κ1) is 21.5. The number of benzene rings is 2. The Kier molecular flexibility index (Phi) is 5.94. The number of aryl methyl sites for hydroxylation is 3. The van der Waals surface area contributed by atoms with Gasteiger partial charge in [0, 0.05) is 37.6 Å². The van der Waals surface area contributed by atoms with Crippen LogP contribution in [-0.2, 0) is 0 Å². The van der Waals surface area contributed by atoms with E-state index in [0.29, 0.717) is 18.9 Å². The van der Waals surface area contributed by atoms with Crippen molar-refractivity contribution in [3.05, 3.63) is 75.1 Å². The van der Waals surface area contributed by atoms with Gasteiger partial charge in [-0.25, -0.2) is 9.97 Å². The summed E-state index contributed by atoms with van der Waals surface area (Å²) in [6.07, 6.45) is 1.40. The number of nitrogens with one attached hydrogen (secondary N) is 1. The summed E-state index contributed by atoms with van der Waals surface area (Å²) in [7, 11) is 0. The van der Waals surface area contributed by atoms with Crippen molar-refractivity contribution in [1.29, 1.82) is 0 Å². The number of piperazine rings is 1. The molecule has 1 aliphatic heterocycles. The zero-order chi connectivity index (χ0) is 22.8. The first-order valence-electron chi connectivity index (χ1n) is 10.7. The van der Waals surface area contributed by atoms with Gasteiger partial charge in [-0.05, 0) is 62.1 Å². The molecule has 0 atom stereocenters. The highest BCUT2D eigenvalue weighted by molar-refractivity contribution is 5.76. The van der Waals surface area contributed by atoms with Crippen LogP contribution in [0.2, 0.25) is 0 Å². The van der Waals surface area contributed by atoms with Crippen LogP contribution in [-0.4, -0.2) is 41.1 Å². The summed E-state index contributed by atoms with van der Waals surface area (Å²) in [5.41, 5.74) is 6.53. The molecule has 0 unspecified atom stereocenters. The van der Waals surface area contributed by atoms with E-state index in [2.05, 4.69) is 52.2 Å². The molecule has 1 N–H and O–H groups in total. The molecule has 4 rings (SSSR count). The Morgan fingerprint density at radius 2 is 1.66 bits per heavy atom. The second-order valence-corrected chi connectivity index (χ2v) is 8.29. The van der Waals surface area contributed by atoms with Crippen LogP contribution in [0.5, 0.6) is 0 Å². The van der Waals surface area contributed by atoms with Crippen LogP contribution in [0, 0.1) is 37.8 Å². The van der Waals surface area contributed by atoms with E-state index in [4.69, 9.17) is 0 Å². The van der Waals surface area contributed by atoms with E-state index in [9.17, 15) is 10.1 Å². The lowest BCUT2D eigenvalue weighted by molar-refractivity contribution is -0.383. The van der Waals surface area contributed by atoms with Crippen LogP contribution in [0.3, 0.4) is 0 Å². The molecule has 166 valence electrons. The van der Waals surface area contributed by atoms with Crippen molar-refractivity contribution in [2.24, 2.45) is 0 Å². The summed E-state index contributed by atoms with van der Waals surface area (Å²) in [6, 6.07) is 12.3. The normalized spacial score (nSPS) is 13.9. The first-order chi connectivity index (χ1) is 15.3. The minimum absolute atomic E-state index is 0.0893. The Balaban J connectivity index is 1.59. The van der Waals surface area contributed by atoms with Gasteiger partial charge in [0.05, 0.1) is 4.92 Å². The third-order valence-electron chi connectivity index (χ3n) is 6.13. The van der Waals surface area contributed by atoms with Crippen molar-refractivity contribution in [1.82, 2.24) is 9.97 Å². The number of anilines is 4. The molecular formula is C24H28N6O2. The third-order valence-corrected chi connectivity index (χ3v) is 6.13. The second-order valence-electron chi connectivity index (χ2n) is 8.29. The Morgan fingerprint density at radius 3 is 2.38 bits per heavy atom. The van der Waals surface area contributed by atoms with Crippen molar-refractivity contribution < 1.29 is 4.92 Å². The fourth-order valence-electron chi connectivity index (χ4n) is 4.10. The zero-order valence-corrected chi connectivity index (χ0v) is 18.9. The Bertz CT molecular complexity index is 1160. The molecule has 0 aliphatic carbocycles. The number of rotatable bonds is 5. The zero-order valence-electron chi connectivity index (χ0n) is 18.9. The van der Waals surface area contributed by atoms with E-state index < -0.39 is 0 Å². The lowest BCUT2D eigenvalue weighted by atomic mass is 10.1. The van der Waals surface area contributed by atoms with Gasteiger partial charge < -0.3 is 15.1 Å². The highest BCUT2D eigenvalue weighted by atomic mass is 16.6. The maximum atomic E-state index is 12.0. The van der Waals surface area contributed by atoms with Gasteiger partial charge in [0.15, 0.2) is 0 Å². The smallest absolute Gasteiger partial charge is 0.353 e. The van der Waals surface area contributed by atoms with Crippen LogP contribution in [0.15, 0.2) is 42.7 Å². The van der Waals surface area contributed by atoms with Crippen molar-refractivity contribution in [3.63, 3.8) is 0 Å². The third kappa shape index (κ3) is 4.21. The molecule has 1 aromatic heterocycles. The minimum atomic E-state index is -0.389. The summed E-state index contributed by atoms with van der Waals surface area (Å²) in [5, 5.41) is 15.2. The molecular weight excluding hydrogens is 404 g/mol. The molecule has 0 saturated carbocycles. The van der Waals surface area contributed by atoms with Gasteiger partial charge in [0.2, 0.25) is 11.6 Å². The molecule has 1 saturated heterocycles. The van der Waals surface area contributed by atoms with Gasteiger partial charge in [-0.2, -0.15) is 0 Å². The predicted molar refractivity (Wildman–Crippen MR) is 128 cm³/mol. The lowest BCUT2D eigenvalue weighted by Crippen LogP contribution is -2.47. The van der Waals surface area contributed by atoms with Gasteiger partial charge in [0.25, 0.3) is 0 Å². The average Bonchev–Trinajstić information content (AvgIpc) is 2.78. The summed E-state index contributed by atoms with van der Waals surface area (Å²) in [6.45, 7) is 11.0. The molecule has 3 aromatic rings. The highest BCUT2D eigenvalue weighted by Gasteiger charge is 2.30. The van der Waals surface area contributed by atoms with Gasteiger partial charge in [-0.15, -0.1) is 0 Å². The minimum Gasteiger partial charge on any atom is -0.368 e. The number of nitro groups is 1. The molecule has 0 amide bonds. The molecule has 2 aromatic carbocycles. The fourth-order valence-corrected chi connectivity index (χ4v) is 4.10. The van der Waals surface area contributed by atoms with Gasteiger partial charge >= 0.3 is 5.69 Å². The van der Waals surface area contributed by atoms with Crippen LogP contribution < -0.4 is 15.1 Å². The van der Waals surface area contributed by atoms with E-state index in [1.54, 1.807) is 0 Å². The molecule has 0 radical (unpaired) electrons. The lowest BCUT2D eigenvalue weighted by Gasteiger charge is -2.37. The van der Waals surface area contributed by atoms with E-state index in [-0.39, 0.29) is 16.4 Å². The SMILES string of the molecule is Cc1ccc(C)c(Nc2ncnc(N3CCN(c4cccc(C)c4C)CC3)c2[N+](=O)[O-])c1. The van der Waals surface area contributed by atoms with Crippen LogP contribution in [0.1, 0.15) is 22.3 Å². The van der Waals surface area contributed by atoms with Crippen LogP contribution in [0.4, 0.5) is 28.7 Å². The summed E-state index contributed by atoms with van der Waals surface area (Å²) in [4.78, 5) is 24.5. The van der Waals surface area contributed by atoms with E-state index >= 15 is 0 Å². The van der Waals surface area contributed by atoms with E-state index in [1.807, 2.05) is 36.9 Å². The number of hydrogen-bond acceptors (Lipinski definition) is 7. The van der Waals surface area contributed by atoms with Crippen LogP contribution >= 0.6 is 0 Å². The van der Waals surface area contributed by atoms with E-state index in [1.165, 1.54) is 23.1 Å². The molecule has 0 bridgehead atoms. The van der Waals surface area contributed by atoms with Crippen molar-refractivity contribution in [2.45, 2.75) is 27.7 Å². The molecule has 8 heteroatoms. The molecule has 1 fully saturated rings. The average molecular weight is 433 g/mol. The Hall–Kier alpha value is -3.68. The number of nitrogens with zero attached hydrogens (tertiary/aromatic N) is 5. The number of hydrogen-bond donors (Lipinski definition) is 1.